The molecule has 1 aliphatic heterocycles. The lowest BCUT2D eigenvalue weighted by Gasteiger charge is -2.22. The van der Waals surface area contributed by atoms with Crippen LogP contribution in [0.25, 0.3) is 0 Å². The van der Waals surface area contributed by atoms with Gasteiger partial charge in [-0.2, -0.15) is 0 Å². The number of carbonyl (C=O) groups excluding carboxylic acids is 3. The quantitative estimate of drug-likeness (QED) is 0.249. The molecule has 0 aromatic rings. The number of ether oxygens (including phenoxy) is 3. The molecule has 0 unspecified atom stereocenters. The number of ketones is 1. The molecule has 9 heteroatoms. The molecule has 0 aromatic heterocycles. The molecule has 0 bridgehead atoms. The Hall–Kier alpha value is -2.39. The van der Waals surface area contributed by atoms with Crippen LogP contribution < -0.4 is 11.7 Å². The van der Waals surface area contributed by atoms with Crippen LogP contribution in [0.4, 0.5) is 4.79 Å². The van der Waals surface area contributed by atoms with E-state index in [-0.39, 0.29) is 19.8 Å². The summed E-state index contributed by atoms with van der Waals surface area (Å²) in [5.41, 5.74) is -0.517. The van der Waals surface area contributed by atoms with Crippen LogP contribution in [-0.2, 0) is 23.8 Å². The molecule has 0 spiro atoms. The number of esters is 1. The summed E-state index contributed by atoms with van der Waals surface area (Å²) in [5.74, 6) is 7.51. The summed E-state index contributed by atoms with van der Waals surface area (Å²) < 4.78 is 13.7. The molecule has 1 rings (SSSR count). The van der Waals surface area contributed by atoms with E-state index < -0.39 is 17.7 Å². The van der Waals surface area contributed by atoms with E-state index in [2.05, 4.69) is 21.2 Å². The van der Waals surface area contributed by atoms with Crippen molar-refractivity contribution in [1.82, 2.24) is 4.90 Å². The molecule has 0 aliphatic carbocycles. The molecule has 9 nitrogen and oxygen atoms in total. The fourth-order valence-corrected chi connectivity index (χ4v) is 1.08. The van der Waals surface area contributed by atoms with Crippen LogP contribution in [-0.4, -0.2) is 49.1 Å². The normalized spacial score (nSPS) is 12.3. The third-order valence-corrected chi connectivity index (χ3v) is 1.94. The SMILES string of the molecule is C.CC(C)(C)OC(=O)N1C=CC(=O)C1.CO/C=C/C(=O)OC.NN. The van der Waals surface area contributed by atoms with Gasteiger partial charge in [0.05, 0.1) is 33.1 Å². The highest BCUT2D eigenvalue weighted by atomic mass is 16.6. The molecule has 140 valence electrons. The molecule has 1 amide bonds. The first-order valence-corrected chi connectivity index (χ1v) is 6.51. The van der Waals surface area contributed by atoms with Crippen molar-refractivity contribution in [2.45, 2.75) is 33.8 Å². The first-order valence-electron chi connectivity index (χ1n) is 6.51. The van der Waals surface area contributed by atoms with Gasteiger partial charge in [-0.3, -0.25) is 21.4 Å². The van der Waals surface area contributed by atoms with Crippen LogP contribution in [0.1, 0.15) is 28.2 Å². The molecular weight excluding hydrogens is 318 g/mol. The molecule has 1 aliphatic rings. The van der Waals surface area contributed by atoms with E-state index in [4.69, 9.17) is 4.74 Å². The van der Waals surface area contributed by atoms with Crippen molar-refractivity contribution >= 4 is 17.8 Å². The highest BCUT2D eigenvalue weighted by Gasteiger charge is 2.24. The molecular formula is C15H29N3O6. The van der Waals surface area contributed by atoms with Crippen LogP contribution in [0.15, 0.2) is 24.6 Å². The number of nitrogens with zero attached hydrogens (tertiary/aromatic N) is 1. The lowest BCUT2D eigenvalue weighted by Crippen LogP contribution is -2.33. The van der Waals surface area contributed by atoms with Crippen molar-refractivity contribution in [2.75, 3.05) is 20.8 Å². The van der Waals surface area contributed by atoms with E-state index >= 15 is 0 Å². The maximum Gasteiger partial charge on any atom is 0.414 e. The number of rotatable bonds is 2. The fourth-order valence-electron chi connectivity index (χ4n) is 1.08. The molecule has 4 N–H and O–H groups in total. The summed E-state index contributed by atoms with van der Waals surface area (Å²) in [7, 11) is 2.77. The van der Waals surface area contributed by atoms with Crippen LogP contribution in [0.3, 0.4) is 0 Å². The third-order valence-electron chi connectivity index (χ3n) is 1.94. The highest BCUT2D eigenvalue weighted by molar-refractivity contribution is 5.96. The Balaban J connectivity index is -0.000000350. The van der Waals surface area contributed by atoms with Crippen LogP contribution >= 0.6 is 0 Å². The van der Waals surface area contributed by atoms with Crippen molar-refractivity contribution in [3.05, 3.63) is 24.6 Å². The number of hydrogen-bond donors (Lipinski definition) is 2. The minimum absolute atomic E-state index is 0. The van der Waals surface area contributed by atoms with E-state index in [0.29, 0.717) is 0 Å². The molecule has 0 atom stereocenters. The summed E-state index contributed by atoms with van der Waals surface area (Å²) in [6, 6.07) is 0. The molecule has 0 saturated carbocycles. The molecule has 1 heterocycles. The second-order valence-electron chi connectivity index (χ2n) is 4.95. The Labute approximate surface area is 143 Å². The van der Waals surface area contributed by atoms with Gasteiger partial charge < -0.3 is 14.2 Å². The molecule has 0 fully saturated rings. The van der Waals surface area contributed by atoms with Gasteiger partial charge in [-0.1, -0.05) is 7.43 Å². The van der Waals surface area contributed by atoms with Gasteiger partial charge in [0.15, 0.2) is 5.78 Å². The standard InChI is InChI=1S/C9H13NO3.C5H8O3.CH4.H4N2/c1-9(2,3)13-8(12)10-5-4-7(11)6-10;1-7-4-3-5(6)8-2;;1-2/h4-5H,6H2,1-3H3;3-4H,1-2H3;1H4;1-2H2/b;4-3+;;. The average Bonchev–Trinajstić information content (AvgIpc) is 2.92. The van der Waals surface area contributed by atoms with Gasteiger partial charge in [-0.15, -0.1) is 0 Å². The number of amides is 1. The largest absolute Gasteiger partial charge is 0.504 e. The van der Waals surface area contributed by atoms with E-state index in [0.717, 1.165) is 0 Å². The van der Waals surface area contributed by atoms with Crippen molar-refractivity contribution in [3.63, 3.8) is 0 Å². The maximum atomic E-state index is 11.3. The predicted molar refractivity (Wildman–Crippen MR) is 90.4 cm³/mol. The zero-order valence-corrected chi connectivity index (χ0v) is 14.1. The second-order valence-corrected chi connectivity index (χ2v) is 4.95. The third kappa shape index (κ3) is 14.5. The summed E-state index contributed by atoms with van der Waals surface area (Å²) in [6.07, 6.45) is 4.78. The minimum atomic E-state index is -0.517. The summed E-state index contributed by atoms with van der Waals surface area (Å²) in [5, 5.41) is 0. The number of carbonyl (C=O) groups is 3. The average molecular weight is 347 g/mol. The van der Waals surface area contributed by atoms with Crippen LogP contribution in [0.2, 0.25) is 0 Å². The van der Waals surface area contributed by atoms with Crippen LogP contribution in [0.5, 0.6) is 0 Å². The Kier molecular flexibility index (Phi) is 15.7. The zero-order valence-electron chi connectivity index (χ0n) is 14.1. The van der Waals surface area contributed by atoms with Gasteiger partial charge in [-0.25, -0.2) is 9.59 Å². The Morgan fingerprint density at radius 3 is 2.12 bits per heavy atom. The maximum absolute atomic E-state index is 11.3. The number of methoxy groups -OCH3 is 2. The van der Waals surface area contributed by atoms with Gasteiger partial charge in [-0.05, 0) is 26.8 Å². The first-order chi connectivity index (χ1) is 10.7. The minimum Gasteiger partial charge on any atom is -0.504 e. The lowest BCUT2D eigenvalue weighted by molar-refractivity contribution is -0.135. The second kappa shape index (κ2) is 14.2. The topological polar surface area (TPSA) is 134 Å². The van der Waals surface area contributed by atoms with Crippen molar-refractivity contribution in [3.8, 4) is 0 Å². The van der Waals surface area contributed by atoms with Crippen molar-refractivity contribution in [2.24, 2.45) is 11.7 Å². The fraction of sp³-hybridized carbons (Fsp3) is 0.533. The van der Waals surface area contributed by atoms with E-state index in [1.165, 1.54) is 43.7 Å². The van der Waals surface area contributed by atoms with Crippen molar-refractivity contribution < 1.29 is 28.6 Å². The van der Waals surface area contributed by atoms with E-state index in [1.807, 2.05) is 0 Å². The van der Waals surface area contributed by atoms with Gasteiger partial charge in [0.1, 0.15) is 5.60 Å². The molecule has 24 heavy (non-hydrogen) atoms. The first kappa shape index (κ1) is 26.5. The number of nitrogens with two attached hydrogens (primary N) is 2. The van der Waals surface area contributed by atoms with E-state index in [1.54, 1.807) is 20.8 Å². The van der Waals surface area contributed by atoms with Crippen LogP contribution in [0, 0.1) is 0 Å². The van der Waals surface area contributed by atoms with Crippen molar-refractivity contribution in [1.29, 1.82) is 0 Å². The predicted octanol–water partition coefficient (Wildman–Crippen LogP) is 1.09. The van der Waals surface area contributed by atoms with Gasteiger partial charge >= 0.3 is 12.1 Å². The zero-order chi connectivity index (χ0) is 18.5. The lowest BCUT2D eigenvalue weighted by atomic mass is 10.2. The molecule has 0 saturated heterocycles. The molecule has 0 radical (unpaired) electrons. The summed E-state index contributed by atoms with van der Waals surface area (Å²) in [4.78, 5) is 33.5. The van der Waals surface area contributed by atoms with Gasteiger partial charge in [0, 0.05) is 6.20 Å². The number of hydrazine groups is 1. The van der Waals surface area contributed by atoms with Gasteiger partial charge in [0.2, 0.25) is 0 Å². The monoisotopic (exact) mass is 347 g/mol. The smallest absolute Gasteiger partial charge is 0.414 e. The summed E-state index contributed by atoms with van der Waals surface area (Å²) >= 11 is 0. The molecule has 0 aromatic carbocycles. The Bertz CT molecular complexity index is 441. The Morgan fingerprint density at radius 2 is 1.79 bits per heavy atom. The summed E-state index contributed by atoms with van der Waals surface area (Å²) in [6.45, 7) is 5.44. The van der Waals surface area contributed by atoms with E-state index in [9.17, 15) is 14.4 Å². The van der Waals surface area contributed by atoms with Gasteiger partial charge in [0.25, 0.3) is 0 Å². The highest BCUT2D eigenvalue weighted by Crippen LogP contribution is 2.11. The Morgan fingerprint density at radius 1 is 1.25 bits per heavy atom. The number of hydrogen-bond acceptors (Lipinski definition) is 8.